The Kier molecular flexibility index (Phi) is 5.77. The van der Waals surface area contributed by atoms with E-state index in [9.17, 15) is 9.59 Å². The first kappa shape index (κ1) is 16.3. The summed E-state index contributed by atoms with van der Waals surface area (Å²) in [5, 5.41) is 3.24. The first-order valence-electron chi connectivity index (χ1n) is 7.49. The standard InChI is InChI=1S/C16H22N2O4/c1-3-6-13-16(20)18(11-15(19)22-10-9-21-2)14-8-5-4-7-12(14)17-13/h4-5,7-8,13,17H,3,6,9-11H2,1-2H3. The predicted octanol–water partition coefficient (Wildman–Crippen LogP) is 1.80. The van der Waals surface area contributed by atoms with Gasteiger partial charge in [-0.25, -0.2) is 0 Å². The highest BCUT2D eigenvalue weighted by atomic mass is 16.6. The van der Waals surface area contributed by atoms with Crippen molar-refractivity contribution in [1.29, 1.82) is 0 Å². The molecule has 2 rings (SSSR count). The number of methoxy groups -OCH3 is 1. The van der Waals surface area contributed by atoms with E-state index in [1.165, 1.54) is 4.90 Å². The minimum atomic E-state index is -0.433. The van der Waals surface area contributed by atoms with E-state index in [2.05, 4.69) is 5.32 Å². The molecule has 0 fully saturated rings. The van der Waals surface area contributed by atoms with Gasteiger partial charge in [0.2, 0.25) is 5.91 Å². The maximum absolute atomic E-state index is 12.6. The van der Waals surface area contributed by atoms with Crippen molar-refractivity contribution in [3.05, 3.63) is 24.3 Å². The Hall–Kier alpha value is -2.08. The molecule has 1 aliphatic heterocycles. The molecule has 0 aliphatic carbocycles. The van der Waals surface area contributed by atoms with Crippen LogP contribution < -0.4 is 10.2 Å². The summed E-state index contributed by atoms with van der Waals surface area (Å²) in [4.78, 5) is 26.0. The van der Waals surface area contributed by atoms with Crippen LogP contribution in [0.2, 0.25) is 0 Å². The van der Waals surface area contributed by atoms with E-state index in [4.69, 9.17) is 9.47 Å². The molecule has 120 valence electrons. The molecule has 0 radical (unpaired) electrons. The van der Waals surface area contributed by atoms with Crippen LogP contribution in [0.1, 0.15) is 19.8 Å². The van der Waals surface area contributed by atoms with Gasteiger partial charge in [-0.15, -0.1) is 0 Å². The third-order valence-corrected chi connectivity index (χ3v) is 3.50. The van der Waals surface area contributed by atoms with Gasteiger partial charge >= 0.3 is 5.97 Å². The quantitative estimate of drug-likeness (QED) is 0.614. The molecule has 0 bridgehead atoms. The van der Waals surface area contributed by atoms with Crippen molar-refractivity contribution < 1.29 is 19.1 Å². The van der Waals surface area contributed by atoms with Crippen LogP contribution in [-0.4, -0.2) is 44.8 Å². The zero-order valence-corrected chi connectivity index (χ0v) is 13.0. The molecule has 6 nitrogen and oxygen atoms in total. The summed E-state index contributed by atoms with van der Waals surface area (Å²) in [6, 6.07) is 7.18. The Morgan fingerprint density at radius 3 is 2.82 bits per heavy atom. The molecule has 1 aliphatic rings. The van der Waals surface area contributed by atoms with E-state index in [1.54, 1.807) is 7.11 Å². The highest BCUT2D eigenvalue weighted by molar-refractivity contribution is 6.07. The van der Waals surface area contributed by atoms with E-state index in [1.807, 2.05) is 31.2 Å². The molecule has 0 saturated heterocycles. The Morgan fingerprint density at radius 1 is 1.32 bits per heavy atom. The van der Waals surface area contributed by atoms with Crippen molar-refractivity contribution in [2.24, 2.45) is 0 Å². The van der Waals surface area contributed by atoms with Gasteiger partial charge in [0.1, 0.15) is 19.2 Å². The van der Waals surface area contributed by atoms with Crippen LogP contribution >= 0.6 is 0 Å². The first-order chi connectivity index (χ1) is 10.7. The number of benzene rings is 1. The van der Waals surface area contributed by atoms with E-state index < -0.39 is 5.97 Å². The number of rotatable bonds is 7. The molecule has 1 aromatic carbocycles. The molecule has 22 heavy (non-hydrogen) atoms. The minimum absolute atomic E-state index is 0.0819. The van der Waals surface area contributed by atoms with Gasteiger partial charge < -0.3 is 14.8 Å². The summed E-state index contributed by atoms with van der Waals surface area (Å²) >= 11 is 0. The Bertz CT molecular complexity index is 533. The molecule has 1 amide bonds. The van der Waals surface area contributed by atoms with Crippen molar-refractivity contribution in [3.8, 4) is 0 Å². The highest BCUT2D eigenvalue weighted by Gasteiger charge is 2.33. The third kappa shape index (κ3) is 3.76. The minimum Gasteiger partial charge on any atom is -0.462 e. The number of nitrogens with zero attached hydrogens (tertiary/aromatic N) is 1. The summed E-state index contributed by atoms with van der Waals surface area (Å²) in [7, 11) is 1.54. The summed E-state index contributed by atoms with van der Waals surface area (Å²) in [6.45, 7) is 2.48. The number of amides is 1. The van der Waals surface area contributed by atoms with Gasteiger partial charge in [0, 0.05) is 7.11 Å². The number of ether oxygens (including phenoxy) is 2. The predicted molar refractivity (Wildman–Crippen MR) is 83.9 cm³/mol. The number of anilines is 2. The lowest BCUT2D eigenvalue weighted by Gasteiger charge is -2.34. The fraction of sp³-hybridized carbons (Fsp3) is 0.500. The molecule has 1 aromatic rings. The average molecular weight is 306 g/mol. The SMILES string of the molecule is CCCC1Nc2ccccc2N(CC(=O)OCCOC)C1=O. The molecule has 0 spiro atoms. The Balaban J connectivity index is 2.13. The van der Waals surface area contributed by atoms with Crippen LogP contribution in [-0.2, 0) is 19.1 Å². The fourth-order valence-electron chi connectivity index (χ4n) is 2.45. The van der Waals surface area contributed by atoms with Crippen LogP contribution in [0.3, 0.4) is 0 Å². The normalized spacial score (nSPS) is 16.9. The fourth-order valence-corrected chi connectivity index (χ4v) is 2.45. The smallest absolute Gasteiger partial charge is 0.326 e. The van der Waals surface area contributed by atoms with Crippen LogP contribution in [0.5, 0.6) is 0 Å². The Morgan fingerprint density at radius 2 is 2.09 bits per heavy atom. The number of nitrogens with one attached hydrogen (secondary N) is 1. The zero-order chi connectivity index (χ0) is 15.9. The van der Waals surface area contributed by atoms with Gasteiger partial charge in [0.05, 0.1) is 18.0 Å². The molecular formula is C16H22N2O4. The van der Waals surface area contributed by atoms with Crippen molar-refractivity contribution in [2.75, 3.05) is 37.1 Å². The van der Waals surface area contributed by atoms with Crippen LogP contribution in [0.4, 0.5) is 11.4 Å². The van der Waals surface area contributed by atoms with Gasteiger partial charge in [0.25, 0.3) is 0 Å². The number of para-hydroxylation sites is 2. The maximum atomic E-state index is 12.6. The summed E-state index contributed by atoms with van der Waals surface area (Å²) in [5.74, 6) is -0.526. The van der Waals surface area contributed by atoms with Gasteiger partial charge in [-0.05, 0) is 18.6 Å². The second-order valence-electron chi connectivity index (χ2n) is 5.14. The van der Waals surface area contributed by atoms with E-state index in [-0.39, 0.29) is 25.1 Å². The lowest BCUT2D eigenvalue weighted by molar-refractivity contribution is -0.144. The van der Waals surface area contributed by atoms with Gasteiger partial charge in [-0.3, -0.25) is 14.5 Å². The second-order valence-corrected chi connectivity index (χ2v) is 5.14. The number of esters is 1. The Labute approximate surface area is 130 Å². The van der Waals surface area contributed by atoms with Crippen molar-refractivity contribution in [2.45, 2.75) is 25.8 Å². The average Bonchev–Trinajstić information content (AvgIpc) is 2.52. The lowest BCUT2D eigenvalue weighted by atomic mass is 10.0. The van der Waals surface area contributed by atoms with Crippen LogP contribution in [0.25, 0.3) is 0 Å². The molecule has 6 heteroatoms. The molecule has 1 heterocycles. The van der Waals surface area contributed by atoms with Gasteiger partial charge in [0.15, 0.2) is 0 Å². The number of hydrogen-bond acceptors (Lipinski definition) is 5. The molecule has 1 unspecified atom stereocenters. The van der Waals surface area contributed by atoms with Crippen LogP contribution in [0, 0.1) is 0 Å². The van der Waals surface area contributed by atoms with E-state index in [0.717, 1.165) is 18.5 Å². The molecule has 0 saturated carbocycles. The van der Waals surface area contributed by atoms with Gasteiger partial charge in [-0.2, -0.15) is 0 Å². The zero-order valence-electron chi connectivity index (χ0n) is 13.0. The second kappa shape index (κ2) is 7.79. The third-order valence-electron chi connectivity index (χ3n) is 3.50. The highest BCUT2D eigenvalue weighted by Crippen LogP contribution is 2.32. The number of hydrogen-bond donors (Lipinski definition) is 1. The monoisotopic (exact) mass is 306 g/mol. The number of carbonyl (C=O) groups is 2. The molecule has 1 N–H and O–H groups in total. The van der Waals surface area contributed by atoms with E-state index in [0.29, 0.717) is 12.3 Å². The van der Waals surface area contributed by atoms with Gasteiger partial charge in [-0.1, -0.05) is 25.5 Å². The number of carbonyl (C=O) groups excluding carboxylic acids is 2. The topological polar surface area (TPSA) is 67.9 Å². The van der Waals surface area contributed by atoms with E-state index >= 15 is 0 Å². The first-order valence-corrected chi connectivity index (χ1v) is 7.49. The largest absolute Gasteiger partial charge is 0.462 e. The summed E-state index contributed by atoms with van der Waals surface area (Å²) in [5.41, 5.74) is 1.58. The van der Waals surface area contributed by atoms with Crippen molar-refractivity contribution in [1.82, 2.24) is 0 Å². The molecule has 1 atom stereocenters. The number of fused-ring (bicyclic) bond motifs is 1. The molecule has 0 aromatic heterocycles. The lowest BCUT2D eigenvalue weighted by Crippen LogP contribution is -2.49. The van der Waals surface area contributed by atoms with Crippen molar-refractivity contribution >= 4 is 23.3 Å². The maximum Gasteiger partial charge on any atom is 0.326 e. The van der Waals surface area contributed by atoms with Crippen LogP contribution in [0.15, 0.2) is 24.3 Å². The molecular weight excluding hydrogens is 284 g/mol. The summed E-state index contributed by atoms with van der Waals surface area (Å²) in [6.07, 6.45) is 1.61. The van der Waals surface area contributed by atoms with Crippen molar-refractivity contribution in [3.63, 3.8) is 0 Å². The summed E-state index contributed by atoms with van der Waals surface area (Å²) < 4.78 is 9.91.